The van der Waals surface area contributed by atoms with Crippen LogP contribution in [-0.2, 0) is 0 Å². The van der Waals surface area contributed by atoms with Crippen molar-refractivity contribution in [2.45, 2.75) is 96.8 Å². The van der Waals surface area contributed by atoms with E-state index in [1.54, 1.807) is 0 Å². The van der Waals surface area contributed by atoms with Crippen LogP contribution in [0, 0.1) is 0 Å². The van der Waals surface area contributed by atoms with Gasteiger partial charge < -0.3 is 22.2 Å². The second-order valence-electron chi connectivity index (χ2n) is 8.70. The molecule has 3 heteroatoms. The van der Waals surface area contributed by atoms with Crippen LogP contribution in [0.1, 0.15) is 96.8 Å². The Morgan fingerprint density at radius 2 is 1.08 bits per heavy atom. The summed E-state index contributed by atoms with van der Waals surface area (Å²) in [6.45, 7) is 5.84. The maximum atomic E-state index is 3.57. The van der Waals surface area contributed by atoms with E-state index in [-0.39, 0.29) is 12.4 Å². The Balaban J connectivity index is 0. The van der Waals surface area contributed by atoms with Gasteiger partial charge in [0.2, 0.25) is 0 Å². The van der Waals surface area contributed by atoms with E-state index >= 15 is 0 Å². The molecule has 0 spiro atoms. The largest absolute Gasteiger partial charge is 1.00 e. The summed E-state index contributed by atoms with van der Waals surface area (Å²) in [4.78, 5) is 0. The Labute approximate surface area is 172 Å². The topological polar surface area (TPSA) is 12.0 Å². The molecule has 0 rings (SSSR count). The molecule has 0 saturated carbocycles. The Hall–Kier alpha value is -0.0500. The smallest absolute Gasteiger partial charge is 0.0907 e. The molecule has 0 atom stereocenters. The lowest BCUT2D eigenvalue weighted by atomic mass is 10.1. The first-order valence-electron chi connectivity index (χ1n) is 11.2. The molecule has 2 nitrogen and oxygen atoms in total. The number of nitrogens with zero attached hydrogens (tertiary/aromatic N) is 1. The Bertz CT molecular complexity index is 284. The van der Waals surface area contributed by atoms with E-state index in [1.165, 1.54) is 103 Å². The average Bonchev–Trinajstić information content (AvgIpc) is 2.56. The van der Waals surface area contributed by atoms with Crippen molar-refractivity contribution in [3.05, 3.63) is 12.2 Å². The lowest BCUT2D eigenvalue weighted by Gasteiger charge is -2.23. The van der Waals surface area contributed by atoms with Gasteiger partial charge in [0.15, 0.2) is 0 Å². The first-order chi connectivity index (χ1) is 12.1. The minimum absolute atomic E-state index is 0. The molecule has 26 heavy (non-hydrogen) atoms. The van der Waals surface area contributed by atoms with Crippen LogP contribution in [0.25, 0.3) is 0 Å². The third-order valence-corrected chi connectivity index (χ3v) is 4.82. The van der Waals surface area contributed by atoms with Gasteiger partial charge in [-0.1, -0.05) is 76.9 Å². The second-order valence-corrected chi connectivity index (χ2v) is 8.70. The van der Waals surface area contributed by atoms with Crippen molar-refractivity contribution >= 4 is 0 Å². The van der Waals surface area contributed by atoms with E-state index in [0.717, 1.165) is 11.0 Å². The molecule has 0 unspecified atom stereocenters. The summed E-state index contributed by atoms with van der Waals surface area (Å²) in [5, 5.41) is 3.57. The van der Waals surface area contributed by atoms with Crippen LogP contribution < -0.4 is 17.7 Å². The third-order valence-electron chi connectivity index (χ3n) is 4.82. The van der Waals surface area contributed by atoms with Crippen molar-refractivity contribution < 1.29 is 16.9 Å². The molecule has 1 N–H and O–H groups in total. The van der Waals surface area contributed by atoms with Crippen LogP contribution in [0.3, 0.4) is 0 Å². The SMILES string of the molecule is CCCCCCCC/C=C\CCCCCCCCNCC[N+](C)(C)C.[Cl-]. The van der Waals surface area contributed by atoms with E-state index < -0.39 is 0 Å². The first-order valence-corrected chi connectivity index (χ1v) is 11.2. The highest BCUT2D eigenvalue weighted by atomic mass is 35.5. The van der Waals surface area contributed by atoms with E-state index in [0.29, 0.717) is 0 Å². The number of hydrogen-bond donors (Lipinski definition) is 1. The molecular weight excluding hydrogens is 340 g/mol. The van der Waals surface area contributed by atoms with E-state index in [1.807, 2.05) is 0 Å². The van der Waals surface area contributed by atoms with Crippen LogP contribution in [-0.4, -0.2) is 45.3 Å². The molecule has 0 heterocycles. The first kappa shape index (κ1) is 28.2. The minimum atomic E-state index is 0. The average molecular weight is 389 g/mol. The van der Waals surface area contributed by atoms with E-state index in [2.05, 4.69) is 45.5 Å². The number of hydrogen-bond acceptors (Lipinski definition) is 1. The summed E-state index contributed by atoms with van der Waals surface area (Å²) in [5.41, 5.74) is 0. The Kier molecular flexibility index (Phi) is 23.0. The van der Waals surface area contributed by atoms with Crippen LogP contribution in [0.5, 0.6) is 0 Å². The summed E-state index contributed by atoms with van der Waals surface area (Å²) in [6, 6.07) is 0. The normalized spacial score (nSPS) is 11.8. The quantitative estimate of drug-likeness (QED) is 0.203. The molecule has 0 aromatic heterocycles. The summed E-state index contributed by atoms with van der Waals surface area (Å²) in [7, 11) is 6.77. The molecular formula is C23H49ClN2. The molecule has 0 amide bonds. The lowest BCUT2D eigenvalue weighted by Crippen LogP contribution is -3.00. The van der Waals surface area contributed by atoms with Gasteiger partial charge >= 0.3 is 0 Å². The van der Waals surface area contributed by atoms with Crippen LogP contribution in [0.4, 0.5) is 0 Å². The third kappa shape index (κ3) is 26.2. The number of unbranched alkanes of at least 4 members (excludes halogenated alkanes) is 12. The van der Waals surface area contributed by atoms with Gasteiger partial charge in [-0.2, -0.15) is 0 Å². The number of quaternary nitrogens is 1. The van der Waals surface area contributed by atoms with Gasteiger partial charge in [-0.3, -0.25) is 0 Å². The van der Waals surface area contributed by atoms with Crippen LogP contribution in [0.2, 0.25) is 0 Å². The van der Waals surface area contributed by atoms with Crippen LogP contribution >= 0.6 is 0 Å². The predicted octanol–water partition coefficient (Wildman–Crippen LogP) is 3.32. The fourth-order valence-corrected chi connectivity index (χ4v) is 3.04. The number of allylic oxidation sites excluding steroid dienone is 2. The lowest BCUT2D eigenvalue weighted by molar-refractivity contribution is -0.869. The molecule has 0 bridgehead atoms. The van der Waals surface area contributed by atoms with Crippen molar-refractivity contribution in [1.82, 2.24) is 5.32 Å². The van der Waals surface area contributed by atoms with Crippen molar-refractivity contribution in [3.63, 3.8) is 0 Å². The Morgan fingerprint density at radius 1 is 0.615 bits per heavy atom. The van der Waals surface area contributed by atoms with Crippen molar-refractivity contribution in [2.75, 3.05) is 40.8 Å². The minimum Gasteiger partial charge on any atom is -1.00 e. The molecule has 0 aromatic rings. The molecule has 0 aliphatic heterocycles. The summed E-state index contributed by atoms with van der Waals surface area (Å²) < 4.78 is 1.06. The van der Waals surface area contributed by atoms with Crippen molar-refractivity contribution in [3.8, 4) is 0 Å². The van der Waals surface area contributed by atoms with Crippen LogP contribution in [0.15, 0.2) is 12.2 Å². The fraction of sp³-hybridized carbons (Fsp3) is 0.913. The van der Waals surface area contributed by atoms with Gasteiger partial charge in [-0.15, -0.1) is 0 Å². The molecule has 0 aliphatic carbocycles. The number of nitrogens with one attached hydrogen (secondary N) is 1. The van der Waals surface area contributed by atoms with Gasteiger partial charge in [-0.05, 0) is 38.6 Å². The van der Waals surface area contributed by atoms with Gasteiger partial charge in [-0.25, -0.2) is 0 Å². The molecule has 158 valence electrons. The van der Waals surface area contributed by atoms with Gasteiger partial charge in [0.1, 0.15) is 0 Å². The summed E-state index contributed by atoms with van der Waals surface area (Å²) in [5.74, 6) is 0. The van der Waals surface area contributed by atoms with Gasteiger partial charge in [0.05, 0.1) is 27.7 Å². The number of rotatable bonds is 19. The zero-order valence-corrected chi connectivity index (χ0v) is 19.3. The summed E-state index contributed by atoms with van der Waals surface area (Å²) in [6.07, 6.45) is 24.3. The highest BCUT2D eigenvalue weighted by molar-refractivity contribution is 4.81. The number of likely N-dealkylation sites (N-methyl/N-ethyl adjacent to an activating group) is 1. The standard InChI is InChI=1S/C23H49N2.ClH/c1-5-6-7-8-9-10-11-12-13-14-15-16-17-18-19-20-21-24-22-23-25(2,3)4;/h12-13,24H,5-11,14-23H2,1-4H3;1H/q+1;/p-1/b13-12-;. The highest BCUT2D eigenvalue weighted by Gasteiger charge is 2.04. The van der Waals surface area contributed by atoms with E-state index in [4.69, 9.17) is 0 Å². The zero-order chi connectivity index (χ0) is 18.6. The summed E-state index contributed by atoms with van der Waals surface area (Å²) >= 11 is 0. The molecule has 0 fully saturated rings. The van der Waals surface area contributed by atoms with Crippen molar-refractivity contribution in [2.24, 2.45) is 0 Å². The second kappa shape index (κ2) is 21.3. The van der Waals surface area contributed by atoms with Crippen molar-refractivity contribution in [1.29, 1.82) is 0 Å². The monoisotopic (exact) mass is 388 g/mol. The van der Waals surface area contributed by atoms with Gasteiger partial charge in [0.25, 0.3) is 0 Å². The molecule has 0 saturated heterocycles. The maximum Gasteiger partial charge on any atom is 0.0907 e. The molecule has 0 radical (unpaired) electrons. The maximum absolute atomic E-state index is 3.57. The Morgan fingerprint density at radius 3 is 1.58 bits per heavy atom. The molecule has 0 aromatic carbocycles. The van der Waals surface area contributed by atoms with Gasteiger partial charge in [0, 0.05) is 6.54 Å². The number of halogens is 1. The fourth-order valence-electron chi connectivity index (χ4n) is 3.04. The molecule has 0 aliphatic rings. The zero-order valence-electron chi connectivity index (χ0n) is 18.5. The predicted molar refractivity (Wildman–Crippen MR) is 115 cm³/mol. The highest BCUT2D eigenvalue weighted by Crippen LogP contribution is 2.09. The van der Waals surface area contributed by atoms with E-state index in [9.17, 15) is 0 Å².